The summed E-state index contributed by atoms with van der Waals surface area (Å²) in [5.74, 6) is 0.494. The number of sulfone groups is 1. The fourth-order valence-corrected chi connectivity index (χ4v) is 6.57. The molecule has 0 bridgehead atoms. The van der Waals surface area contributed by atoms with Crippen LogP contribution in [0.5, 0.6) is 0 Å². The highest BCUT2D eigenvalue weighted by molar-refractivity contribution is 9.09. The third kappa shape index (κ3) is 4.82. The Bertz CT molecular complexity index is 558. The minimum atomic E-state index is -3.07. The van der Waals surface area contributed by atoms with E-state index in [0.29, 0.717) is 5.75 Å². The van der Waals surface area contributed by atoms with E-state index in [4.69, 9.17) is 0 Å². The summed E-state index contributed by atoms with van der Waals surface area (Å²) in [6.07, 6.45) is 6.87. The van der Waals surface area contributed by atoms with Crippen molar-refractivity contribution >= 4 is 25.8 Å². The summed E-state index contributed by atoms with van der Waals surface area (Å²) in [7, 11) is -3.07. The summed E-state index contributed by atoms with van der Waals surface area (Å²) >= 11 is 3.59. The molecule has 1 aliphatic rings. The lowest BCUT2D eigenvalue weighted by Crippen LogP contribution is -2.32. The van der Waals surface area contributed by atoms with Crippen LogP contribution in [0.4, 0.5) is 0 Å². The maximum absolute atomic E-state index is 12.7. The van der Waals surface area contributed by atoms with Gasteiger partial charge in [0.25, 0.3) is 0 Å². The van der Waals surface area contributed by atoms with Crippen molar-refractivity contribution in [2.45, 2.75) is 51.2 Å². The van der Waals surface area contributed by atoms with Crippen molar-refractivity contribution in [3.8, 4) is 0 Å². The molecule has 1 aromatic rings. The predicted molar refractivity (Wildman–Crippen MR) is 92.6 cm³/mol. The molecule has 4 heteroatoms. The van der Waals surface area contributed by atoms with Crippen LogP contribution in [0, 0.1) is 12.3 Å². The normalized spacial score (nSPS) is 19.1. The van der Waals surface area contributed by atoms with E-state index >= 15 is 0 Å². The second-order valence-corrected chi connectivity index (χ2v) is 9.13. The Balaban J connectivity index is 2.13. The molecule has 21 heavy (non-hydrogen) atoms. The average Bonchev–Trinajstić information content (AvgIpc) is 2.67. The fraction of sp³-hybridized carbons (Fsp3) is 0.647. The fourth-order valence-electron chi connectivity index (χ4n) is 3.32. The van der Waals surface area contributed by atoms with Crippen LogP contribution in [0.25, 0.3) is 0 Å². The number of hydrogen-bond donors (Lipinski definition) is 0. The standard InChI is InChI=1S/C17H25BrO2S/c1-15-8-4-5-9-16(15)12-21(19,20)14-17(13-18)10-6-2-3-7-11-17/h4-5,8-9H,2-3,6-7,10-14H2,1H3. The molecule has 0 radical (unpaired) electrons. The van der Waals surface area contributed by atoms with Gasteiger partial charge in [0.1, 0.15) is 0 Å². The Labute approximate surface area is 137 Å². The third-order valence-corrected chi connectivity index (χ3v) is 7.60. The predicted octanol–water partition coefficient (Wildman–Crippen LogP) is 4.65. The van der Waals surface area contributed by atoms with Gasteiger partial charge in [0.05, 0.1) is 11.5 Å². The molecule has 0 amide bonds. The zero-order chi connectivity index (χ0) is 15.3. The number of alkyl halides is 1. The first-order valence-corrected chi connectivity index (χ1v) is 10.7. The van der Waals surface area contributed by atoms with E-state index in [2.05, 4.69) is 15.9 Å². The molecule has 0 unspecified atom stereocenters. The minimum absolute atomic E-state index is 0.0575. The summed E-state index contributed by atoms with van der Waals surface area (Å²) in [5.41, 5.74) is 1.95. The summed E-state index contributed by atoms with van der Waals surface area (Å²) in [6.45, 7) is 1.98. The average molecular weight is 373 g/mol. The van der Waals surface area contributed by atoms with E-state index in [9.17, 15) is 8.42 Å². The largest absolute Gasteiger partial charge is 0.228 e. The highest BCUT2D eigenvalue weighted by atomic mass is 79.9. The molecule has 2 nitrogen and oxygen atoms in total. The smallest absolute Gasteiger partial charge is 0.155 e. The number of hydrogen-bond acceptors (Lipinski definition) is 2. The topological polar surface area (TPSA) is 34.1 Å². The Morgan fingerprint density at radius 3 is 2.29 bits per heavy atom. The molecule has 2 rings (SSSR count). The Kier molecular flexibility index (Phi) is 5.89. The van der Waals surface area contributed by atoms with Crippen LogP contribution in [0.1, 0.15) is 49.7 Å². The van der Waals surface area contributed by atoms with Gasteiger partial charge in [0.15, 0.2) is 9.84 Å². The minimum Gasteiger partial charge on any atom is -0.228 e. The van der Waals surface area contributed by atoms with Gasteiger partial charge in [-0.05, 0) is 36.3 Å². The lowest BCUT2D eigenvalue weighted by atomic mass is 9.85. The lowest BCUT2D eigenvalue weighted by Gasteiger charge is -2.30. The van der Waals surface area contributed by atoms with E-state index in [1.54, 1.807) is 0 Å². The maximum Gasteiger partial charge on any atom is 0.155 e. The van der Waals surface area contributed by atoms with Crippen LogP contribution < -0.4 is 0 Å². The van der Waals surface area contributed by atoms with Crippen molar-refractivity contribution in [1.82, 2.24) is 0 Å². The molecular formula is C17H25BrO2S. The van der Waals surface area contributed by atoms with Crippen LogP contribution in [0.15, 0.2) is 24.3 Å². The second-order valence-electron chi connectivity index (χ2n) is 6.51. The SMILES string of the molecule is Cc1ccccc1CS(=O)(=O)CC1(CBr)CCCCCC1. The molecule has 0 saturated heterocycles. The van der Waals surface area contributed by atoms with Crippen molar-refractivity contribution in [1.29, 1.82) is 0 Å². The molecule has 0 aliphatic heterocycles. The van der Waals surface area contributed by atoms with Gasteiger partial charge in [-0.25, -0.2) is 8.42 Å². The van der Waals surface area contributed by atoms with Gasteiger partial charge in [0, 0.05) is 5.33 Å². The summed E-state index contributed by atoms with van der Waals surface area (Å²) in [4.78, 5) is 0. The van der Waals surface area contributed by atoms with Crippen molar-refractivity contribution in [3.05, 3.63) is 35.4 Å². The van der Waals surface area contributed by atoms with Gasteiger partial charge in [-0.1, -0.05) is 65.9 Å². The van der Waals surface area contributed by atoms with Crippen molar-refractivity contribution in [2.75, 3.05) is 11.1 Å². The quantitative estimate of drug-likeness (QED) is 0.556. The Morgan fingerprint density at radius 2 is 1.71 bits per heavy atom. The summed E-state index contributed by atoms with van der Waals surface area (Å²) in [5, 5.41) is 0.799. The van der Waals surface area contributed by atoms with Gasteiger partial charge < -0.3 is 0 Å². The Morgan fingerprint density at radius 1 is 1.10 bits per heavy atom. The summed E-state index contributed by atoms with van der Waals surface area (Å²) in [6, 6.07) is 7.79. The van der Waals surface area contributed by atoms with Gasteiger partial charge >= 0.3 is 0 Å². The van der Waals surface area contributed by atoms with Crippen LogP contribution in [0.2, 0.25) is 0 Å². The third-order valence-electron chi connectivity index (χ3n) is 4.61. The number of benzene rings is 1. The first-order chi connectivity index (χ1) is 9.96. The van der Waals surface area contributed by atoms with E-state index in [1.165, 1.54) is 12.8 Å². The van der Waals surface area contributed by atoms with Crippen LogP contribution in [-0.4, -0.2) is 19.5 Å². The number of aryl methyl sites for hydroxylation is 1. The molecule has 1 aliphatic carbocycles. The number of halogens is 1. The molecule has 118 valence electrons. The Hall–Kier alpha value is -0.350. The van der Waals surface area contributed by atoms with Crippen molar-refractivity contribution in [2.24, 2.45) is 5.41 Å². The van der Waals surface area contributed by atoms with E-state index in [-0.39, 0.29) is 11.2 Å². The van der Waals surface area contributed by atoms with E-state index in [1.807, 2.05) is 31.2 Å². The number of rotatable bonds is 5. The molecule has 0 heterocycles. The van der Waals surface area contributed by atoms with E-state index < -0.39 is 9.84 Å². The van der Waals surface area contributed by atoms with Gasteiger partial charge in [-0.15, -0.1) is 0 Å². The van der Waals surface area contributed by atoms with Gasteiger partial charge in [0.2, 0.25) is 0 Å². The molecule has 1 aromatic carbocycles. The monoisotopic (exact) mass is 372 g/mol. The molecule has 0 atom stereocenters. The first kappa shape index (κ1) is 17.0. The van der Waals surface area contributed by atoms with Crippen molar-refractivity contribution in [3.63, 3.8) is 0 Å². The molecule has 0 spiro atoms. The molecule has 1 fully saturated rings. The molecule has 0 aromatic heterocycles. The second kappa shape index (κ2) is 7.28. The maximum atomic E-state index is 12.7. The van der Waals surface area contributed by atoms with Gasteiger partial charge in [-0.3, -0.25) is 0 Å². The zero-order valence-corrected chi connectivity index (χ0v) is 15.2. The molecular weight excluding hydrogens is 348 g/mol. The highest BCUT2D eigenvalue weighted by Crippen LogP contribution is 2.38. The lowest BCUT2D eigenvalue weighted by molar-refractivity contribution is 0.327. The molecule has 0 N–H and O–H groups in total. The van der Waals surface area contributed by atoms with Crippen molar-refractivity contribution < 1.29 is 8.42 Å². The zero-order valence-electron chi connectivity index (χ0n) is 12.8. The summed E-state index contributed by atoms with van der Waals surface area (Å²) < 4.78 is 25.4. The van der Waals surface area contributed by atoms with Crippen LogP contribution >= 0.6 is 15.9 Å². The molecule has 1 saturated carbocycles. The highest BCUT2D eigenvalue weighted by Gasteiger charge is 2.35. The van der Waals surface area contributed by atoms with E-state index in [0.717, 1.165) is 42.1 Å². The van der Waals surface area contributed by atoms with Gasteiger partial charge in [-0.2, -0.15) is 0 Å². The van der Waals surface area contributed by atoms with Crippen LogP contribution in [-0.2, 0) is 15.6 Å². The van der Waals surface area contributed by atoms with Crippen LogP contribution in [0.3, 0.4) is 0 Å². The first-order valence-electron chi connectivity index (χ1n) is 7.77.